The van der Waals surface area contributed by atoms with Gasteiger partial charge in [0.1, 0.15) is 6.54 Å². The number of carbonyl (C=O) groups is 3. The highest BCUT2D eigenvalue weighted by Gasteiger charge is 2.27. The second kappa shape index (κ2) is 10.4. The third kappa shape index (κ3) is 5.69. The molecule has 2 aliphatic heterocycles. The summed E-state index contributed by atoms with van der Waals surface area (Å²) >= 11 is 0. The van der Waals surface area contributed by atoms with Gasteiger partial charge < -0.3 is 20.2 Å². The zero-order valence-corrected chi connectivity index (χ0v) is 16.7. The number of carboxylic acid groups (broad SMARTS) is 1. The molecule has 7 nitrogen and oxygen atoms in total. The Balaban J connectivity index is 0.00000280. The largest absolute Gasteiger partial charge is 0.481 e. The Bertz CT molecular complexity index is 689. The van der Waals surface area contributed by atoms with Crippen molar-refractivity contribution in [2.75, 3.05) is 39.3 Å². The van der Waals surface area contributed by atoms with Crippen molar-refractivity contribution in [3.8, 4) is 0 Å². The summed E-state index contributed by atoms with van der Waals surface area (Å²) in [7, 11) is 0. The van der Waals surface area contributed by atoms with Gasteiger partial charge in [-0.1, -0.05) is 12.1 Å². The van der Waals surface area contributed by atoms with Crippen molar-refractivity contribution >= 4 is 30.2 Å². The van der Waals surface area contributed by atoms with Crippen molar-refractivity contribution in [2.24, 2.45) is 0 Å². The number of amides is 2. The lowest BCUT2D eigenvalue weighted by Gasteiger charge is -2.34. The third-order valence-electron chi connectivity index (χ3n) is 5.39. The van der Waals surface area contributed by atoms with Gasteiger partial charge in [-0.15, -0.1) is 12.4 Å². The number of carbonyl (C=O) groups excluding carboxylic acids is 2. The van der Waals surface area contributed by atoms with Crippen molar-refractivity contribution in [3.05, 3.63) is 35.4 Å². The van der Waals surface area contributed by atoms with E-state index >= 15 is 0 Å². The Morgan fingerprint density at radius 3 is 2.39 bits per heavy atom. The Morgan fingerprint density at radius 2 is 1.79 bits per heavy atom. The second-order valence-corrected chi connectivity index (χ2v) is 7.25. The van der Waals surface area contributed by atoms with Gasteiger partial charge >= 0.3 is 5.97 Å². The molecular weight excluding hydrogens is 382 g/mol. The first-order chi connectivity index (χ1) is 13.0. The van der Waals surface area contributed by atoms with Crippen LogP contribution in [0, 0.1) is 0 Å². The van der Waals surface area contributed by atoms with Gasteiger partial charge in [-0.2, -0.15) is 0 Å². The van der Waals surface area contributed by atoms with Crippen LogP contribution in [0.2, 0.25) is 0 Å². The van der Waals surface area contributed by atoms with Crippen LogP contribution in [0.5, 0.6) is 0 Å². The molecule has 2 saturated heterocycles. The van der Waals surface area contributed by atoms with E-state index in [4.69, 9.17) is 5.11 Å². The first-order valence-electron chi connectivity index (χ1n) is 9.64. The fraction of sp³-hybridized carbons (Fsp3) is 0.550. The van der Waals surface area contributed by atoms with Gasteiger partial charge in [-0.3, -0.25) is 14.4 Å². The molecule has 2 N–H and O–H groups in total. The predicted molar refractivity (Wildman–Crippen MR) is 108 cm³/mol. The number of nitrogens with one attached hydrogen (secondary N) is 1. The number of hydrogen-bond acceptors (Lipinski definition) is 4. The fourth-order valence-electron chi connectivity index (χ4n) is 3.78. The average Bonchev–Trinajstić information content (AvgIpc) is 2.69. The number of hydrogen-bond donors (Lipinski definition) is 2. The van der Waals surface area contributed by atoms with Crippen LogP contribution in [0.25, 0.3) is 0 Å². The molecule has 0 aromatic heterocycles. The van der Waals surface area contributed by atoms with Crippen LogP contribution in [-0.4, -0.2) is 72.0 Å². The number of aliphatic carboxylic acids is 1. The van der Waals surface area contributed by atoms with Crippen molar-refractivity contribution in [1.82, 2.24) is 15.1 Å². The Hall–Kier alpha value is -2.12. The second-order valence-electron chi connectivity index (χ2n) is 7.25. The lowest BCUT2D eigenvalue weighted by molar-refractivity contribution is -0.139. The molecule has 0 atom stereocenters. The standard InChI is InChI=1S/C20H27N3O4.ClH/c24-18-14-23(13-12-22(18)11-1-2-19(25)26)20(27)17-5-3-15(4-6-17)16-7-9-21-10-8-16;/h3-6,16,21H,1-2,7-14H2,(H,25,26);1H. The first-order valence-corrected chi connectivity index (χ1v) is 9.64. The topological polar surface area (TPSA) is 89.9 Å². The molecule has 2 fully saturated rings. The number of benzene rings is 1. The van der Waals surface area contributed by atoms with Crippen LogP contribution in [-0.2, 0) is 9.59 Å². The molecular formula is C20H28ClN3O4. The highest BCUT2D eigenvalue weighted by atomic mass is 35.5. The summed E-state index contributed by atoms with van der Waals surface area (Å²) in [6.45, 7) is 3.49. The van der Waals surface area contributed by atoms with E-state index in [0.717, 1.165) is 25.9 Å². The predicted octanol–water partition coefficient (Wildman–Crippen LogP) is 1.72. The lowest BCUT2D eigenvalue weighted by atomic mass is 9.90. The van der Waals surface area contributed by atoms with Crippen LogP contribution in [0.1, 0.15) is 47.5 Å². The molecule has 0 bridgehead atoms. The molecule has 1 aromatic rings. The van der Waals surface area contributed by atoms with E-state index in [1.807, 2.05) is 24.3 Å². The number of piperazine rings is 1. The maximum absolute atomic E-state index is 12.7. The molecule has 0 unspecified atom stereocenters. The van der Waals surface area contributed by atoms with E-state index in [0.29, 0.717) is 37.5 Å². The van der Waals surface area contributed by atoms with Gasteiger partial charge in [0, 0.05) is 31.6 Å². The van der Waals surface area contributed by atoms with Gasteiger partial charge in [-0.25, -0.2) is 0 Å². The minimum Gasteiger partial charge on any atom is -0.481 e. The zero-order valence-electron chi connectivity index (χ0n) is 15.9. The molecule has 28 heavy (non-hydrogen) atoms. The zero-order chi connectivity index (χ0) is 19.2. The molecule has 0 spiro atoms. The quantitative estimate of drug-likeness (QED) is 0.746. The minimum atomic E-state index is -0.857. The van der Waals surface area contributed by atoms with Crippen molar-refractivity contribution in [3.63, 3.8) is 0 Å². The fourth-order valence-corrected chi connectivity index (χ4v) is 3.78. The van der Waals surface area contributed by atoms with Crippen LogP contribution in [0.3, 0.4) is 0 Å². The van der Waals surface area contributed by atoms with Gasteiger partial charge in [0.15, 0.2) is 0 Å². The molecule has 2 heterocycles. The Kier molecular flexibility index (Phi) is 8.26. The summed E-state index contributed by atoms with van der Waals surface area (Å²) < 4.78 is 0. The molecule has 3 rings (SSSR count). The van der Waals surface area contributed by atoms with Gasteiger partial charge in [0.2, 0.25) is 5.91 Å². The van der Waals surface area contributed by atoms with Gasteiger partial charge in [0.05, 0.1) is 0 Å². The highest BCUT2D eigenvalue weighted by molar-refractivity contribution is 5.97. The minimum absolute atomic E-state index is 0. The summed E-state index contributed by atoms with van der Waals surface area (Å²) in [5.41, 5.74) is 1.88. The number of halogens is 1. The van der Waals surface area contributed by atoms with Crippen molar-refractivity contribution in [2.45, 2.75) is 31.6 Å². The Morgan fingerprint density at radius 1 is 1.11 bits per heavy atom. The van der Waals surface area contributed by atoms with Gasteiger partial charge in [0.25, 0.3) is 5.91 Å². The summed E-state index contributed by atoms with van der Waals surface area (Å²) in [5.74, 6) is -0.549. The monoisotopic (exact) mass is 409 g/mol. The third-order valence-corrected chi connectivity index (χ3v) is 5.39. The van der Waals surface area contributed by atoms with E-state index in [1.54, 1.807) is 9.80 Å². The molecule has 0 aliphatic carbocycles. The molecule has 2 aliphatic rings. The number of rotatable bonds is 6. The lowest BCUT2D eigenvalue weighted by Crippen LogP contribution is -2.52. The van der Waals surface area contributed by atoms with E-state index in [-0.39, 0.29) is 37.2 Å². The van der Waals surface area contributed by atoms with E-state index < -0.39 is 5.97 Å². The normalized spacial score (nSPS) is 17.9. The molecule has 0 saturated carbocycles. The molecule has 8 heteroatoms. The number of nitrogens with zero attached hydrogens (tertiary/aromatic N) is 2. The summed E-state index contributed by atoms with van der Waals surface area (Å²) in [4.78, 5) is 38.8. The van der Waals surface area contributed by atoms with E-state index in [9.17, 15) is 14.4 Å². The Labute approximate surface area is 171 Å². The van der Waals surface area contributed by atoms with Crippen molar-refractivity contribution in [1.29, 1.82) is 0 Å². The number of piperidine rings is 1. The molecule has 0 radical (unpaired) electrons. The average molecular weight is 410 g/mol. The molecule has 154 valence electrons. The van der Waals surface area contributed by atoms with Crippen LogP contribution in [0.15, 0.2) is 24.3 Å². The maximum Gasteiger partial charge on any atom is 0.303 e. The van der Waals surface area contributed by atoms with Crippen LogP contribution >= 0.6 is 12.4 Å². The summed E-state index contributed by atoms with van der Waals surface area (Å²) in [6, 6.07) is 7.80. The first kappa shape index (κ1) is 22.2. The molecule has 2 amide bonds. The number of carboxylic acids is 1. The maximum atomic E-state index is 12.7. The highest BCUT2D eigenvalue weighted by Crippen LogP contribution is 2.25. The summed E-state index contributed by atoms with van der Waals surface area (Å²) in [5, 5.41) is 12.1. The smallest absolute Gasteiger partial charge is 0.303 e. The van der Waals surface area contributed by atoms with E-state index in [2.05, 4.69) is 5.32 Å². The van der Waals surface area contributed by atoms with Crippen LogP contribution < -0.4 is 5.32 Å². The van der Waals surface area contributed by atoms with Crippen LogP contribution in [0.4, 0.5) is 0 Å². The SMILES string of the molecule is Cl.O=C(O)CCCN1CCN(C(=O)c2ccc(C3CCNCC3)cc2)CC1=O. The summed E-state index contributed by atoms with van der Waals surface area (Å²) in [6.07, 6.45) is 2.72. The van der Waals surface area contributed by atoms with Gasteiger partial charge in [-0.05, 0) is 56.0 Å². The van der Waals surface area contributed by atoms with E-state index in [1.165, 1.54) is 5.56 Å². The molecule has 1 aromatic carbocycles. The van der Waals surface area contributed by atoms with Crippen molar-refractivity contribution < 1.29 is 19.5 Å².